The van der Waals surface area contributed by atoms with E-state index in [1.165, 1.54) is 12.1 Å². The standard InChI is InChI=1S/C28H30N4O5/c1-16(2)15-37-24(33)17-6-8-18(9-7-17)29-25(34)28-13-12-27(5,26(28,3)4)22-23(28)31-21-14-19(32(35)36)10-11-20(21)30-22/h6-11,14,16H,12-13,15H2,1-5H3,(H,29,34). The second kappa shape index (κ2) is 8.33. The summed E-state index contributed by atoms with van der Waals surface area (Å²) in [5.74, 6) is -0.365. The first-order valence-corrected chi connectivity index (χ1v) is 12.5. The highest BCUT2D eigenvalue weighted by atomic mass is 16.6. The van der Waals surface area contributed by atoms with E-state index in [0.29, 0.717) is 41.0 Å². The van der Waals surface area contributed by atoms with Gasteiger partial charge in [-0.15, -0.1) is 0 Å². The van der Waals surface area contributed by atoms with Gasteiger partial charge in [-0.05, 0) is 54.5 Å². The van der Waals surface area contributed by atoms with Crippen molar-refractivity contribution in [2.75, 3.05) is 11.9 Å². The van der Waals surface area contributed by atoms with Crippen molar-refractivity contribution in [3.63, 3.8) is 0 Å². The first-order chi connectivity index (χ1) is 17.4. The Kier molecular flexibility index (Phi) is 5.58. The first kappa shape index (κ1) is 24.8. The Balaban J connectivity index is 1.51. The second-order valence-electron chi connectivity index (χ2n) is 11.2. The Morgan fingerprint density at radius 2 is 1.70 bits per heavy atom. The number of nitrogens with zero attached hydrogens (tertiary/aromatic N) is 3. The van der Waals surface area contributed by atoms with Gasteiger partial charge in [-0.3, -0.25) is 14.9 Å². The van der Waals surface area contributed by atoms with E-state index in [2.05, 4.69) is 26.1 Å². The summed E-state index contributed by atoms with van der Waals surface area (Å²) in [6.07, 6.45) is 1.36. The van der Waals surface area contributed by atoms with Gasteiger partial charge in [-0.2, -0.15) is 0 Å². The summed E-state index contributed by atoms with van der Waals surface area (Å²) < 4.78 is 5.28. The minimum atomic E-state index is -0.961. The summed E-state index contributed by atoms with van der Waals surface area (Å²) in [6.45, 7) is 10.5. The molecular weight excluding hydrogens is 472 g/mol. The lowest BCUT2D eigenvalue weighted by atomic mass is 9.63. The van der Waals surface area contributed by atoms with Crippen LogP contribution in [0.4, 0.5) is 11.4 Å². The summed E-state index contributed by atoms with van der Waals surface area (Å²) in [5.41, 5.74) is 1.40. The Bertz CT molecular complexity index is 1450. The van der Waals surface area contributed by atoms with Crippen molar-refractivity contribution in [3.8, 4) is 0 Å². The van der Waals surface area contributed by atoms with Crippen LogP contribution in [0, 0.1) is 21.4 Å². The van der Waals surface area contributed by atoms with E-state index in [1.54, 1.807) is 30.3 Å². The summed E-state index contributed by atoms with van der Waals surface area (Å²) in [7, 11) is 0. The largest absolute Gasteiger partial charge is 0.462 e. The van der Waals surface area contributed by atoms with Gasteiger partial charge in [0.25, 0.3) is 5.69 Å². The number of fused-ring (bicyclic) bond motifs is 6. The molecule has 1 aromatic heterocycles. The van der Waals surface area contributed by atoms with Gasteiger partial charge in [0.1, 0.15) is 0 Å². The normalized spacial score (nSPS) is 23.2. The highest BCUT2D eigenvalue weighted by Gasteiger charge is 2.73. The minimum Gasteiger partial charge on any atom is -0.462 e. The molecule has 1 heterocycles. The van der Waals surface area contributed by atoms with Crippen LogP contribution >= 0.6 is 0 Å². The quantitative estimate of drug-likeness (QED) is 0.275. The molecule has 2 aromatic carbocycles. The van der Waals surface area contributed by atoms with Crippen LogP contribution in [0.1, 0.15) is 69.2 Å². The minimum absolute atomic E-state index is 0.0686. The molecule has 1 amide bonds. The molecule has 1 fully saturated rings. The Morgan fingerprint density at radius 1 is 1.03 bits per heavy atom. The van der Waals surface area contributed by atoms with Crippen LogP contribution in [-0.2, 0) is 20.4 Å². The Morgan fingerprint density at radius 3 is 2.35 bits per heavy atom. The average molecular weight is 503 g/mol. The molecule has 37 heavy (non-hydrogen) atoms. The van der Waals surface area contributed by atoms with E-state index >= 15 is 0 Å². The molecule has 0 aliphatic heterocycles. The van der Waals surface area contributed by atoms with E-state index in [-0.39, 0.29) is 22.9 Å². The van der Waals surface area contributed by atoms with Crippen molar-refractivity contribution in [3.05, 3.63) is 69.5 Å². The van der Waals surface area contributed by atoms with Crippen LogP contribution in [0.2, 0.25) is 0 Å². The van der Waals surface area contributed by atoms with Gasteiger partial charge in [0.2, 0.25) is 5.91 Å². The van der Waals surface area contributed by atoms with Gasteiger partial charge in [-0.25, -0.2) is 14.8 Å². The number of ether oxygens (including phenoxy) is 1. The third kappa shape index (κ3) is 3.51. The zero-order valence-corrected chi connectivity index (χ0v) is 21.6. The molecule has 0 saturated heterocycles. The summed E-state index contributed by atoms with van der Waals surface area (Å²) in [6, 6.07) is 11.1. The number of esters is 1. The molecule has 0 spiro atoms. The molecule has 1 N–H and O–H groups in total. The lowest BCUT2D eigenvalue weighted by Crippen LogP contribution is -2.48. The highest BCUT2D eigenvalue weighted by Crippen LogP contribution is 2.70. The van der Waals surface area contributed by atoms with Crippen molar-refractivity contribution in [2.24, 2.45) is 11.3 Å². The van der Waals surface area contributed by atoms with Crippen molar-refractivity contribution < 1.29 is 19.2 Å². The third-order valence-corrected chi connectivity index (χ3v) is 8.55. The number of benzene rings is 2. The molecule has 192 valence electrons. The van der Waals surface area contributed by atoms with E-state index in [1.807, 2.05) is 13.8 Å². The monoisotopic (exact) mass is 502 g/mol. The zero-order valence-electron chi connectivity index (χ0n) is 21.6. The van der Waals surface area contributed by atoms with Crippen LogP contribution in [0.25, 0.3) is 11.0 Å². The molecular formula is C28H30N4O5. The molecule has 2 bridgehead atoms. The second-order valence-corrected chi connectivity index (χ2v) is 11.2. The van der Waals surface area contributed by atoms with E-state index < -0.39 is 21.7 Å². The molecule has 0 radical (unpaired) electrons. The fourth-order valence-electron chi connectivity index (χ4n) is 5.96. The van der Waals surface area contributed by atoms with Gasteiger partial charge in [-0.1, -0.05) is 34.6 Å². The molecule has 2 aliphatic rings. The van der Waals surface area contributed by atoms with Crippen LogP contribution in [0.15, 0.2) is 42.5 Å². The van der Waals surface area contributed by atoms with Gasteiger partial charge in [0, 0.05) is 23.2 Å². The third-order valence-electron chi connectivity index (χ3n) is 8.55. The predicted octanol–water partition coefficient (Wildman–Crippen LogP) is 5.32. The molecule has 2 atom stereocenters. The number of aromatic nitrogens is 2. The summed E-state index contributed by atoms with van der Waals surface area (Å²) in [5, 5.41) is 14.4. The van der Waals surface area contributed by atoms with Crippen molar-refractivity contribution in [1.29, 1.82) is 0 Å². The van der Waals surface area contributed by atoms with E-state index in [4.69, 9.17) is 14.7 Å². The number of carbonyl (C=O) groups excluding carboxylic acids is 2. The predicted molar refractivity (Wildman–Crippen MR) is 138 cm³/mol. The van der Waals surface area contributed by atoms with E-state index in [0.717, 1.165) is 12.1 Å². The number of nitro groups is 1. The van der Waals surface area contributed by atoms with Crippen LogP contribution in [0.3, 0.4) is 0 Å². The topological polar surface area (TPSA) is 124 Å². The molecule has 9 nitrogen and oxygen atoms in total. The Labute approximate surface area is 214 Å². The maximum Gasteiger partial charge on any atom is 0.338 e. The number of hydrogen-bond acceptors (Lipinski definition) is 7. The maximum atomic E-state index is 14.0. The zero-order chi connectivity index (χ0) is 26.8. The highest BCUT2D eigenvalue weighted by molar-refractivity contribution is 6.02. The number of anilines is 1. The van der Waals surface area contributed by atoms with Crippen molar-refractivity contribution in [2.45, 2.75) is 58.3 Å². The van der Waals surface area contributed by atoms with Gasteiger partial charge in [0.05, 0.1) is 44.9 Å². The maximum absolute atomic E-state index is 14.0. The SMILES string of the molecule is CC(C)COC(=O)c1ccc(NC(=O)C23CCC(C)(c4nc5ccc([N+](=O)[O-])cc5nc42)C3(C)C)cc1. The molecule has 2 aliphatic carbocycles. The fourth-order valence-corrected chi connectivity index (χ4v) is 5.96. The van der Waals surface area contributed by atoms with Gasteiger partial charge < -0.3 is 10.1 Å². The first-order valence-electron chi connectivity index (χ1n) is 12.5. The van der Waals surface area contributed by atoms with Crippen LogP contribution in [0.5, 0.6) is 0 Å². The van der Waals surface area contributed by atoms with Crippen molar-refractivity contribution in [1.82, 2.24) is 9.97 Å². The number of amides is 1. The molecule has 5 rings (SSSR count). The van der Waals surface area contributed by atoms with Crippen LogP contribution < -0.4 is 5.32 Å². The number of hydrogen-bond donors (Lipinski definition) is 1. The summed E-state index contributed by atoms with van der Waals surface area (Å²) in [4.78, 5) is 46.9. The number of rotatable bonds is 6. The molecule has 9 heteroatoms. The molecule has 1 saturated carbocycles. The van der Waals surface area contributed by atoms with Gasteiger partial charge in [0.15, 0.2) is 0 Å². The smallest absolute Gasteiger partial charge is 0.338 e. The number of carbonyl (C=O) groups is 2. The van der Waals surface area contributed by atoms with E-state index in [9.17, 15) is 19.7 Å². The number of nitro benzene ring substituents is 1. The summed E-state index contributed by atoms with van der Waals surface area (Å²) >= 11 is 0. The molecule has 2 unspecified atom stereocenters. The number of nitrogens with one attached hydrogen (secondary N) is 1. The Hall–Kier alpha value is -3.88. The number of non-ortho nitro benzene ring substituents is 1. The van der Waals surface area contributed by atoms with Gasteiger partial charge >= 0.3 is 5.97 Å². The lowest BCUT2D eigenvalue weighted by molar-refractivity contribution is -0.384. The molecule has 3 aromatic rings. The fraction of sp³-hybridized carbons (Fsp3) is 0.429. The van der Waals surface area contributed by atoms with Crippen molar-refractivity contribution >= 4 is 34.3 Å². The van der Waals surface area contributed by atoms with Crippen LogP contribution in [-0.4, -0.2) is 33.4 Å². The average Bonchev–Trinajstić information content (AvgIpc) is 3.16. The lowest BCUT2D eigenvalue weighted by Gasteiger charge is -2.39.